The fourth-order valence-corrected chi connectivity index (χ4v) is 13.6. The first-order valence-corrected chi connectivity index (χ1v) is 30.9. The van der Waals surface area contributed by atoms with Gasteiger partial charge >= 0.3 is 12.4 Å². The van der Waals surface area contributed by atoms with Gasteiger partial charge in [-0.3, -0.25) is 19.9 Å². The summed E-state index contributed by atoms with van der Waals surface area (Å²) in [7, 11) is 0. The second kappa shape index (κ2) is 23.5. The first-order valence-electron chi connectivity index (χ1n) is 30.9. The number of rotatable bonds is 11. The van der Waals surface area contributed by atoms with Crippen LogP contribution in [0.2, 0.25) is 0 Å². The molecule has 0 aliphatic heterocycles. The van der Waals surface area contributed by atoms with Crippen molar-refractivity contribution in [3.63, 3.8) is 0 Å². The highest BCUT2D eigenvalue weighted by atomic mass is 19.4. The van der Waals surface area contributed by atoms with Gasteiger partial charge in [0.2, 0.25) is 0 Å². The second-order valence-electron chi connectivity index (χ2n) is 23.4. The van der Waals surface area contributed by atoms with E-state index in [1.165, 1.54) is 12.1 Å². The number of fused-ring (bicyclic) bond motifs is 6. The molecule has 6 aromatic heterocycles. The van der Waals surface area contributed by atoms with Crippen molar-refractivity contribution in [1.82, 2.24) is 29.1 Å². The van der Waals surface area contributed by atoms with Gasteiger partial charge in [-0.25, -0.2) is 0 Å². The predicted molar refractivity (Wildman–Crippen MR) is 370 cm³/mol. The molecule has 6 heterocycles. The quantitative estimate of drug-likeness (QED) is 0.120. The molecule has 458 valence electrons. The molecule has 0 radical (unpaired) electrons. The van der Waals surface area contributed by atoms with Crippen molar-refractivity contribution in [2.24, 2.45) is 0 Å². The lowest BCUT2D eigenvalue weighted by atomic mass is 9.90. The first kappa shape index (κ1) is 58.5. The van der Waals surface area contributed by atoms with E-state index in [-0.39, 0.29) is 16.9 Å². The number of aromatic nitrogens is 6. The summed E-state index contributed by atoms with van der Waals surface area (Å²) in [5.74, 6) is 0. The average Bonchev–Trinajstić information content (AvgIpc) is 1.50. The molecule has 0 fully saturated rings. The van der Waals surface area contributed by atoms with Crippen molar-refractivity contribution < 1.29 is 26.3 Å². The van der Waals surface area contributed by atoms with Gasteiger partial charge in [0.25, 0.3) is 0 Å². The van der Waals surface area contributed by atoms with Gasteiger partial charge in [-0.2, -0.15) is 31.6 Å². The van der Waals surface area contributed by atoms with Gasteiger partial charge in [0.15, 0.2) is 0 Å². The van der Waals surface area contributed by atoms with Gasteiger partial charge in [0.05, 0.1) is 72.9 Å². The van der Waals surface area contributed by atoms with Crippen LogP contribution in [0, 0.1) is 11.3 Å². The molecule has 0 amide bonds. The highest BCUT2D eigenvalue weighted by Gasteiger charge is 2.42. The van der Waals surface area contributed by atoms with E-state index >= 15 is 26.3 Å². The first-order chi connectivity index (χ1) is 46.9. The zero-order chi connectivity index (χ0) is 65.2. The average molecular weight is 1260 g/mol. The van der Waals surface area contributed by atoms with Crippen LogP contribution in [0.25, 0.3) is 156 Å². The normalized spacial score (nSPS) is 11.8. The standard InChI is InChI=1S/C83H49F6N7/c84-82(85,86)69-30-13-31-70(83(87,88)89)77(69)68-49-71(95-72-44-55(60-26-14-40-91-78(60)51-18-5-1-6-19-51)32-36-64(72)65-37-33-56(45-73(65)95)61-27-15-41-92-79(61)52-20-7-2-8-21-52)59(50-90)48-76(68)96-74-46-57(62-28-16-42-93-80(62)53-22-9-3-10-23-53)34-38-66(74)67-39-35-58(47-75(67)96)63-29-17-43-94-81(63)54-24-11-4-12-25-54/h1-49H. The van der Waals surface area contributed by atoms with Crippen LogP contribution in [-0.2, 0) is 12.4 Å². The van der Waals surface area contributed by atoms with E-state index in [1.54, 1.807) is 33.9 Å². The van der Waals surface area contributed by atoms with Gasteiger partial charge in [0, 0.05) is 102 Å². The molecule has 0 aliphatic rings. The molecule has 0 bridgehead atoms. The summed E-state index contributed by atoms with van der Waals surface area (Å²) in [4.78, 5) is 19.4. The molecule has 0 aliphatic carbocycles. The third kappa shape index (κ3) is 10.2. The molecule has 0 atom stereocenters. The molecule has 16 rings (SSSR count). The third-order valence-electron chi connectivity index (χ3n) is 17.9. The zero-order valence-corrected chi connectivity index (χ0v) is 50.7. The molecule has 13 heteroatoms. The van der Waals surface area contributed by atoms with Gasteiger partial charge < -0.3 is 9.13 Å². The molecule has 0 unspecified atom stereocenters. The minimum absolute atomic E-state index is 0.0208. The minimum Gasteiger partial charge on any atom is -0.309 e. The number of pyridine rings is 4. The number of halogens is 6. The van der Waals surface area contributed by atoms with Gasteiger partial charge in [0.1, 0.15) is 6.07 Å². The van der Waals surface area contributed by atoms with E-state index in [0.717, 1.165) is 50.6 Å². The van der Waals surface area contributed by atoms with Gasteiger partial charge in [-0.15, -0.1) is 0 Å². The lowest BCUT2D eigenvalue weighted by Gasteiger charge is -2.24. The predicted octanol–water partition coefficient (Wildman–Crippen LogP) is 22.4. The Bertz CT molecular complexity index is 5440. The lowest BCUT2D eigenvalue weighted by Crippen LogP contribution is -2.15. The molecule has 0 spiro atoms. The van der Waals surface area contributed by atoms with Crippen molar-refractivity contribution in [3.05, 3.63) is 314 Å². The van der Waals surface area contributed by atoms with Crippen molar-refractivity contribution in [3.8, 4) is 118 Å². The Kier molecular flexibility index (Phi) is 14.4. The third-order valence-corrected chi connectivity index (χ3v) is 17.9. The van der Waals surface area contributed by atoms with E-state index in [1.807, 2.05) is 243 Å². The fourth-order valence-electron chi connectivity index (χ4n) is 13.6. The van der Waals surface area contributed by atoms with E-state index in [9.17, 15) is 5.26 Å². The molecule has 7 nitrogen and oxygen atoms in total. The van der Waals surface area contributed by atoms with Crippen LogP contribution < -0.4 is 0 Å². The molecular formula is C83H49F6N7. The molecule has 10 aromatic carbocycles. The Balaban J connectivity index is 1.05. The van der Waals surface area contributed by atoms with Gasteiger partial charge in [-0.05, 0) is 95.1 Å². The number of nitrogens with zero attached hydrogens (tertiary/aromatic N) is 7. The zero-order valence-electron chi connectivity index (χ0n) is 50.7. The number of benzene rings is 10. The summed E-state index contributed by atoms with van der Waals surface area (Å²) in [6.07, 6.45) is -3.85. The van der Waals surface area contributed by atoms with Crippen LogP contribution in [0.15, 0.2) is 298 Å². The summed E-state index contributed by atoms with van der Waals surface area (Å²) in [5, 5.41) is 14.7. The minimum atomic E-state index is -5.33. The fraction of sp³-hybridized carbons (Fsp3) is 0.0241. The number of hydrogen-bond donors (Lipinski definition) is 0. The smallest absolute Gasteiger partial charge is 0.309 e. The molecule has 0 N–H and O–H groups in total. The molecule has 0 saturated carbocycles. The summed E-state index contributed by atoms with van der Waals surface area (Å²) in [5.41, 5.74) is 8.77. The topological polar surface area (TPSA) is 85.2 Å². The van der Waals surface area contributed by atoms with E-state index in [2.05, 4.69) is 6.07 Å². The van der Waals surface area contributed by atoms with E-state index in [4.69, 9.17) is 19.9 Å². The molecule has 0 saturated heterocycles. The van der Waals surface area contributed by atoms with Crippen LogP contribution in [0.5, 0.6) is 0 Å². The maximum atomic E-state index is 16.3. The monoisotopic (exact) mass is 1260 g/mol. The SMILES string of the molecule is N#Cc1cc(-n2c3cc(-c4cccnc4-c4ccccc4)ccc3c3ccc(-c4cccnc4-c4ccccc4)cc32)c(-c2c(C(F)(F)F)cccc2C(F)(F)F)cc1-n1c2cc(-c3cccnc3-c3ccccc3)ccc2c2ccc(-c3cccnc3-c3ccccc3)cc21. The number of hydrogen-bond acceptors (Lipinski definition) is 5. The van der Waals surface area contributed by atoms with E-state index < -0.39 is 34.6 Å². The molecule has 16 aromatic rings. The Morgan fingerprint density at radius 3 is 0.875 bits per heavy atom. The van der Waals surface area contributed by atoms with E-state index in [0.29, 0.717) is 101 Å². The molecular weight excluding hydrogens is 1210 g/mol. The Hall–Kier alpha value is -12.5. The highest BCUT2D eigenvalue weighted by Crippen LogP contribution is 2.51. The van der Waals surface area contributed by atoms with Crippen LogP contribution in [0.1, 0.15) is 16.7 Å². The van der Waals surface area contributed by atoms with Crippen molar-refractivity contribution in [1.29, 1.82) is 5.26 Å². The number of nitriles is 1. The Morgan fingerprint density at radius 2 is 0.583 bits per heavy atom. The Morgan fingerprint density at radius 1 is 0.281 bits per heavy atom. The summed E-state index contributed by atoms with van der Waals surface area (Å²) in [6.45, 7) is 0. The van der Waals surface area contributed by atoms with Crippen molar-refractivity contribution >= 4 is 43.6 Å². The van der Waals surface area contributed by atoms with Crippen LogP contribution >= 0.6 is 0 Å². The molecule has 96 heavy (non-hydrogen) atoms. The second-order valence-corrected chi connectivity index (χ2v) is 23.4. The summed E-state index contributed by atoms with van der Waals surface area (Å²) in [6, 6.07) is 84.3. The highest BCUT2D eigenvalue weighted by molar-refractivity contribution is 6.14. The van der Waals surface area contributed by atoms with Crippen LogP contribution in [-0.4, -0.2) is 29.1 Å². The van der Waals surface area contributed by atoms with Crippen LogP contribution in [0.4, 0.5) is 26.3 Å². The number of alkyl halides is 6. The van der Waals surface area contributed by atoms with Crippen LogP contribution in [0.3, 0.4) is 0 Å². The summed E-state index contributed by atoms with van der Waals surface area (Å²) >= 11 is 0. The lowest BCUT2D eigenvalue weighted by molar-refractivity contribution is -0.142. The maximum Gasteiger partial charge on any atom is 0.417 e. The van der Waals surface area contributed by atoms with Crippen molar-refractivity contribution in [2.75, 3.05) is 0 Å². The Labute approximate surface area is 546 Å². The van der Waals surface area contributed by atoms with Gasteiger partial charge in [-0.1, -0.05) is 200 Å². The maximum absolute atomic E-state index is 16.3. The summed E-state index contributed by atoms with van der Waals surface area (Å²) < 4.78 is 101. The largest absolute Gasteiger partial charge is 0.417 e. The van der Waals surface area contributed by atoms with Crippen molar-refractivity contribution in [2.45, 2.75) is 12.4 Å².